The van der Waals surface area contributed by atoms with Crippen molar-refractivity contribution in [1.82, 2.24) is 70.4 Å². The van der Waals surface area contributed by atoms with Crippen molar-refractivity contribution in [2.24, 2.45) is 0 Å². The summed E-state index contributed by atoms with van der Waals surface area (Å²) < 4.78 is 109. The van der Waals surface area contributed by atoms with Gasteiger partial charge in [-0.2, -0.15) is 15.8 Å². The number of amides is 4. The lowest BCUT2D eigenvalue weighted by atomic mass is 9.80. The lowest BCUT2D eigenvalue weighted by Crippen LogP contribution is -2.51. The second-order valence-electron chi connectivity index (χ2n) is 30.3. The highest BCUT2D eigenvalue weighted by atomic mass is 79.9. The quantitative estimate of drug-likeness (QED) is 0.0519. The number of nitrogens with zero attached hydrogens (tertiary/aromatic N) is 14. The van der Waals surface area contributed by atoms with Crippen molar-refractivity contribution in [2.45, 2.75) is 133 Å². The SMILES string of the molecule is COc1ccc(CN2C(=O)c3c(C)cc(Br)cc3C23CCN(CC(F)F)CC3)cc1.Cc1cc(Br)cc2c1C(=O)NC21CCN(CC(F)F)CC1.Cc1cc(Nc2ncncc2C#N)cc2c1C(=O)NC21CCN(CC(F)F)CC1.Cc1cc(Nc2ncncc2C#N)cc2c1C(=O)NC21CCN(CC(F)F)CC1.N#Cc1cncnc1N. The van der Waals surface area contributed by atoms with Crippen LogP contribution < -0.4 is 37.1 Å². The Hall–Kier alpha value is -10.9. The lowest BCUT2D eigenvalue weighted by molar-refractivity contribution is 0.00783. The fraction of sp³-hybridized carbons (Fsp3) is 0.410. The molecule has 0 unspecified atom stereocenters. The van der Waals surface area contributed by atoms with Gasteiger partial charge in [0.1, 0.15) is 65.4 Å². The summed E-state index contributed by atoms with van der Waals surface area (Å²) in [6.45, 7) is 11.4. The predicted molar refractivity (Wildman–Crippen MR) is 430 cm³/mol. The molecule has 4 saturated heterocycles. The molecule has 0 atom stereocenters. The number of nitrogens with two attached hydrogens (primary N) is 1. The maximum absolute atomic E-state index is 13.5. The molecule has 11 heterocycles. The van der Waals surface area contributed by atoms with Gasteiger partial charge in [0.25, 0.3) is 49.3 Å². The normalized spacial score (nSPS) is 17.8. The van der Waals surface area contributed by atoms with Gasteiger partial charge in [-0.1, -0.05) is 44.0 Å². The van der Waals surface area contributed by atoms with Gasteiger partial charge in [-0.05, 0) is 190 Å². The molecule has 0 aliphatic carbocycles. The van der Waals surface area contributed by atoms with E-state index in [0.29, 0.717) is 161 Å². The van der Waals surface area contributed by atoms with Gasteiger partial charge in [0.2, 0.25) is 0 Å². The third-order valence-corrected chi connectivity index (χ3v) is 23.9. The van der Waals surface area contributed by atoms with Gasteiger partial charge in [0.15, 0.2) is 11.6 Å². The van der Waals surface area contributed by atoms with Crippen LogP contribution in [0.3, 0.4) is 0 Å². The molecule has 5 aromatic carbocycles. The maximum Gasteiger partial charge on any atom is 0.255 e. The standard InChI is InChI=1S/C23H25BrF2N2O2.2C20H20F2N6O.C15H17BrF2N2O.C5H4N4/c1-15-11-17(24)12-19-21(15)22(29)28(13-16-3-5-18(30-2)6-4-16)23(19)7-9-27(10-8-23)14-20(25)26;2*1-12-6-14(26-18-13(8-23)9-24-11-25-18)7-15-17(12)19(29)27-20(15)2-4-28(5-3-20)10-16(21)22;1-9-6-10(16)7-11-13(9)14(21)19-15(11)2-4-20(5-3-15)8-12(17)18;6-1-4-2-8-3-9-5(4)7/h3-6,11-12,20H,7-10,13-14H2,1-2H3;2*6-7,9,11,16H,2-5,10H2,1H3,(H,27,29)(H,24,25,26);6-7,12H,2-5,8H2,1H3,(H,19,21);2-3H,(H2,7,8,9). The summed E-state index contributed by atoms with van der Waals surface area (Å²) in [5.41, 5.74) is 16.7. The van der Waals surface area contributed by atoms with Crippen molar-refractivity contribution >= 4 is 84.3 Å². The molecule has 0 bridgehead atoms. The number of methoxy groups -OCH3 is 1. The number of benzene rings is 5. The largest absolute Gasteiger partial charge is 0.497 e. The Labute approximate surface area is 693 Å². The van der Waals surface area contributed by atoms with Crippen LogP contribution in [0.5, 0.6) is 5.75 Å². The molecular formula is C83H86Br2F8N20O5. The van der Waals surface area contributed by atoms with Gasteiger partial charge in [0, 0.05) is 101 Å². The Kier molecular flexibility index (Phi) is 27.1. The second kappa shape index (κ2) is 37.0. The summed E-state index contributed by atoms with van der Waals surface area (Å²) >= 11 is 7.06. The molecule has 4 amide bonds. The number of nitrogens with one attached hydrogen (secondary N) is 5. The highest BCUT2D eigenvalue weighted by Gasteiger charge is 2.53. The molecule has 4 fully saturated rings. The number of hydrogen-bond donors (Lipinski definition) is 6. The van der Waals surface area contributed by atoms with Crippen molar-refractivity contribution in [3.8, 4) is 24.0 Å². The number of nitrogen functional groups attached to an aromatic ring is 1. The number of nitriles is 3. The number of carbonyl (C=O) groups excluding carboxylic acids is 4. The summed E-state index contributed by atoms with van der Waals surface area (Å²) in [5.74, 6) is 1.49. The Balaban J connectivity index is 0.000000140. The van der Waals surface area contributed by atoms with Crippen molar-refractivity contribution in [1.29, 1.82) is 15.8 Å². The van der Waals surface area contributed by atoms with E-state index in [1.807, 2.05) is 124 Å². The third-order valence-electron chi connectivity index (χ3n) is 23.0. The van der Waals surface area contributed by atoms with Gasteiger partial charge in [-0.15, -0.1) is 0 Å². The van der Waals surface area contributed by atoms with E-state index in [1.54, 1.807) is 26.7 Å². The highest BCUT2D eigenvalue weighted by molar-refractivity contribution is 9.10. The van der Waals surface area contributed by atoms with E-state index in [0.717, 1.165) is 75.9 Å². The van der Waals surface area contributed by atoms with Crippen LogP contribution in [0.2, 0.25) is 0 Å². The van der Waals surface area contributed by atoms with Crippen LogP contribution in [-0.4, -0.2) is 189 Å². The first kappa shape index (κ1) is 86.5. The van der Waals surface area contributed by atoms with E-state index in [4.69, 9.17) is 15.7 Å². The second-order valence-corrected chi connectivity index (χ2v) is 32.2. The fourth-order valence-corrected chi connectivity index (χ4v) is 18.4. The Bertz CT molecular complexity index is 5030. The zero-order valence-corrected chi connectivity index (χ0v) is 68.4. The molecular weight excluding hydrogens is 1670 g/mol. The zero-order valence-electron chi connectivity index (χ0n) is 65.2. The van der Waals surface area contributed by atoms with E-state index < -0.39 is 42.3 Å². The van der Waals surface area contributed by atoms with Gasteiger partial charge in [-0.3, -0.25) is 38.8 Å². The topological polar surface area (TPSA) is 329 Å². The fourth-order valence-electron chi connectivity index (χ4n) is 17.2. The summed E-state index contributed by atoms with van der Waals surface area (Å²) in [5, 5.41) is 42.4. The summed E-state index contributed by atoms with van der Waals surface area (Å²) in [6, 6.07) is 29.1. The van der Waals surface area contributed by atoms with Crippen molar-refractivity contribution in [3.63, 3.8) is 0 Å². The van der Waals surface area contributed by atoms with E-state index >= 15 is 0 Å². The Morgan fingerprint density at radius 1 is 0.475 bits per heavy atom. The van der Waals surface area contributed by atoms with Crippen LogP contribution >= 0.6 is 31.9 Å². The lowest BCUT2D eigenvalue weighted by Gasteiger charge is -2.45. The zero-order chi connectivity index (χ0) is 84.5. The first-order chi connectivity index (χ1) is 56.4. The molecule has 16 rings (SSSR count). The van der Waals surface area contributed by atoms with Crippen molar-refractivity contribution in [3.05, 3.63) is 208 Å². The van der Waals surface area contributed by atoms with Gasteiger partial charge in [-0.25, -0.2) is 65.0 Å². The number of carbonyl (C=O) groups is 4. The summed E-state index contributed by atoms with van der Waals surface area (Å²) in [7, 11) is 1.62. The van der Waals surface area contributed by atoms with E-state index in [-0.39, 0.29) is 61.2 Å². The van der Waals surface area contributed by atoms with E-state index in [1.165, 1.54) is 37.6 Å². The number of aromatic nitrogens is 6. The Morgan fingerprint density at radius 2 is 0.814 bits per heavy atom. The number of piperidine rings is 4. The van der Waals surface area contributed by atoms with Crippen LogP contribution in [0.1, 0.15) is 160 Å². The number of rotatable bonds is 15. The first-order valence-corrected chi connectivity index (χ1v) is 39.8. The smallest absolute Gasteiger partial charge is 0.255 e. The van der Waals surface area contributed by atoms with Crippen LogP contribution in [-0.2, 0) is 28.7 Å². The molecule has 7 N–H and O–H groups in total. The first-order valence-electron chi connectivity index (χ1n) is 38.2. The molecule has 25 nitrogen and oxygen atoms in total. The molecule has 0 radical (unpaired) electrons. The van der Waals surface area contributed by atoms with Crippen molar-refractivity contribution < 1.29 is 59.0 Å². The minimum atomic E-state index is -2.37. The third kappa shape index (κ3) is 19.0. The monoisotopic (exact) mass is 1750 g/mol. The number of halogens is 10. The van der Waals surface area contributed by atoms with Crippen molar-refractivity contribution in [2.75, 3.05) is 102 Å². The maximum atomic E-state index is 13.5. The van der Waals surface area contributed by atoms with Crippen LogP contribution in [0.25, 0.3) is 0 Å². The molecule has 4 spiro atoms. The number of alkyl halides is 8. The van der Waals surface area contributed by atoms with E-state index in [2.05, 4.69) is 88.3 Å². The Morgan fingerprint density at radius 3 is 1.17 bits per heavy atom. The molecule has 8 aromatic rings. The van der Waals surface area contributed by atoms with Gasteiger partial charge in [0.05, 0.1) is 74.0 Å². The van der Waals surface area contributed by atoms with E-state index in [9.17, 15) is 64.8 Å². The molecule has 618 valence electrons. The average molecular weight is 1760 g/mol. The number of likely N-dealkylation sites (tertiary alicyclic amines) is 4. The minimum absolute atomic E-state index is 0.0214. The number of ether oxygens (including phenoxy) is 1. The number of hydrogen-bond acceptors (Lipinski definition) is 21. The molecule has 8 aliphatic rings. The molecule has 3 aromatic heterocycles. The van der Waals surface area contributed by atoms with Gasteiger partial charge < -0.3 is 42.0 Å². The van der Waals surface area contributed by atoms with Crippen LogP contribution in [0, 0.1) is 61.7 Å². The molecule has 8 aliphatic heterocycles. The molecule has 0 saturated carbocycles. The minimum Gasteiger partial charge on any atom is -0.497 e. The van der Waals surface area contributed by atoms with Crippen LogP contribution in [0.15, 0.2) is 119 Å². The highest BCUT2D eigenvalue weighted by Crippen LogP contribution is 2.51. The number of anilines is 5. The summed E-state index contributed by atoms with van der Waals surface area (Å²) in [4.78, 5) is 83.3. The van der Waals surface area contributed by atoms with Crippen LogP contribution in [0.4, 0.5) is 64.0 Å². The number of fused-ring (bicyclic) bond motifs is 8. The summed E-state index contributed by atoms with van der Waals surface area (Å²) in [6.07, 6.45) is 3.78. The average Bonchev–Trinajstić information content (AvgIpc) is 1.56. The predicted octanol–water partition coefficient (Wildman–Crippen LogP) is 13.4. The molecule has 118 heavy (non-hydrogen) atoms. The number of aryl methyl sites for hydroxylation is 4. The molecule has 35 heteroatoms. The van der Waals surface area contributed by atoms with Gasteiger partial charge >= 0.3 is 0 Å².